The molecule has 2 rings (SSSR count). The molecule has 0 aromatic heterocycles. The molecule has 0 radical (unpaired) electrons. The molecule has 1 aliphatic rings. The van der Waals surface area contributed by atoms with Crippen molar-refractivity contribution in [3.8, 4) is 0 Å². The maximum Gasteiger partial charge on any atom is 0.319 e. The zero-order chi connectivity index (χ0) is 17.2. The molecule has 126 valence electrons. The lowest BCUT2D eigenvalue weighted by molar-refractivity contribution is -0.385. The molecule has 1 heterocycles. The second-order valence-electron chi connectivity index (χ2n) is 5.76. The van der Waals surface area contributed by atoms with Gasteiger partial charge in [0.15, 0.2) is 9.84 Å². The van der Waals surface area contributed by atoms with E-state index in [1.165, 1.54) is 6.07 Å². The van der Waals surface area contributed by atoms with Gasteiger partial charge in [0.2, 0.25) is 0 Å². The number of urea groups is 1. The number of hydrogen-bond acceptors (Lipinski definition) is 5. The van der Waals surface area contributed by atoms with Gasteiger partial charge < -0.3 is 10.6 Å². The Hall–Kier alpha value is -2.16. The van der Waals surface area contributed by atoms with Gasteiger partial charge in [0.1, 0.15) is 0 Å². The van der Waals surface area contributed by atoms with Crippen molar-refractivity contribution in [2.75, 3.05) is 23.4 Å². The second kappa shape index (κ2) is 6.53. The molecule has 1 unspecified atom stereocenters. The average Bonchev–Trinajstić information content (AvgIpc) is 2.80. The van der Waals surface area contributed by atoms with Crippen LogP contribution in [-0.4, -0.2) is 37.4 Å². The van der Waals surface area contributed by atoms with Gasteiger partial charge in [-0.05, 0) is 31.7 Å². The Bertz CT molecular complexity index is 745. The Labute approximate surface area is 134 Å². The van der Waals surface area contributed by atoms with Crippen molar-refractivity contribution >= 4 is 27.2 Å². The van der Waals surface area contributed by atoms with Crippen molar-refractivity contribution < 1.29 is 18.1 Å². The average molecular weight is 341 g/mol. The SMILES string of the molecule is Cc1ccc([N+](=O)[O-])c(C)c1NC(=O)NCC1CCS(=O)(=O)C1. The Morgan fingerprint density at radius 3 is 2.65 bits per heavy atom. The summed E-state index contributed by atoms with van der Waals surface area (Å²) in [6.45, 7) is 3.58. The lowest BCUT2D eigenvalue weighted by Crippen LogP contribution is -2.33. The van der Waals surface area contributed by atoms with Crippen LogP contribution in [0.4, 0.5) is 16.2 Å². The van der Waals surface area contributed by atoms with E-state index in [-0.39, 0.29) is 29.7 Å². The zero-order valence-electron chi connectivity index (χ0n) is 13.0. The molecule has 0 aliphatic carbocycles. The van der Waals surface area contributed by atoms with E-state index < -0.39 is 20.8 Å². The normalized spacial score (nSPS) is 19.3. The number of nitrogens with one attached hydrogen (secondary N) is 2. The highest BCUT2D eigenvalue weighted by Crippen LogP contribution is 2.28. The number of sulfone groups is 1. The molecule has 9 heteroatoms. The van der Waals surface area contributed by atoms with Crippen molar-refractivity contribution in [3.63, 3.8) is 0 Å². The quantitative estimate of drug-likeness (QED) is 0.639. The number of nitrogens with zero attached hydrogens (tertiary/aromatic N) is 1. The number of nitro groups is 1. The first-order chi connectivity index (χ1) is 10.7. The van der Waals surface area contributed by atoms with Crippen LogP contribution in [0.5, 0.6) is 0 Å². The Morgan fingerprint density at radius 2 is 2.09 bits per heavy atom. The minimum atomic E-state index is -2.98. The Kier molecular flexibility index (Phi) is 4.88. The van der Waals surface area contributed by atoms with E-state index in [1.807, 2.05) is 0 Å². The summed E-state index contributed by atoms with van der Waals surface area (Å²) in [7, 11) is -2.98. The van der Waals surface area contributed by atoms with Crippen LogP contribution in [0, 0.1) is 29.9 Å². The van der Waals surface area contributed by atoms with Crippen LogP contribution < -0.4 is 10.6 Å². The van der Waals surface area contributed by atoms with E-state index in [1.54, 1.807) is 19.9 Å². The fraction of sp³-hybridized carbons (Fsp3) is 0.500. The van der Waals surface area contributed by atoms with Gasteiger partial charge in [-0.1, -0.05) is 6.07 Å². The molecule has 1 aliphatic heterocycles. The minimum absolute atomic E-state index is 0.0622. The van der Waals surface area contributed by atoms with Crippen LogP contribution >= 0.6 is 0 Å². The lowest BCUT2D eigenvalue weighted by Gasteiger charge is -2.14. The summed E-state index contributed by atoms with van der Waals surface area (Å²) in [6, 6.07) is 2.47. The fourth-order valence-electron chi connectivity index (χ4n) is 2.65. The van der Waals surface area contributed by atoms with Crippen molar-refractivity contribution in [1.29, 1.82) is 0 Å². The van der Waals surface area contributed by atoms with Gasteiger partial charge >= 0.3 is 6.03 Å². The molecule has 8 nitrogen and oxygen atoms in total. The molecule has 0 spiro atoms. The van der Waals surface area contributed by atoms with E-state index in [0.717, 1.165) is 0 Å². The molecule has 1 atom stereocenters. The molecule has 23 heavy (non-hydrogen) atoms. The summed E-state index contributed by atoms with van der Waals surface area (Å²) < 4.78 is 22.8. The summed E-state index contributed by atoms with van der Waals surface area (Å²) in [6.07, 6.45) is 0.539. The number of rotatable bonds is 4. The standard InChI is InChI=1S/C14H19N3O5S/c1-9-3-4-12(17(19)20)10(2)13(9)16-14(18)15-7-11-5-6-23(21,22)8-11/h3-4,11H,5-8H2,1-2H3,(H2,15,16,18). The van der Waals surface area contributed by atoms with Crippen molar-refractivity contribution in [3.05, 3.63) is 33.4 Å². The minimum Gasteiger partial charge on any atom is -0.338 e. The van der Waals surface area contributed by atoms with Crippen LogP contribution in [-0.2, 0) is 9.84 Å². The van der Waals surface area contributed by atoms with Crippen LogP contribution in [0.15, 0.2) is 12.1 Å². The summed E-state index contributed by atoms with van der Waals surface area (Å²) in [5, 5.41) is 16.2. The summed E-state index contributed by atoms with van der Waals surface area (Å²) in [5.74, 6) is 0.157. The summed E-state index contributed by atoms with van der Waals surface area (Å²) in [4.78, 5) is 22.4. The smallest absolute Gasteiger partial charge is 0.319 e. The summed E-state index contributed by atoms with van der Waals surface area (Å²) >= 11 is 0. The number of nitro benzene ring substituents is 1. The van der Waals surface area contributed by atoms with Gasteiger partial charge in [-0.2, -0.15) is 0 Å². The summed E-state index contributed by atoms with van der Waals surface area (Å²) in [5.41, 5.74) is 1.43. The zero-order valence-corrected chi connectivity index (χ0v) is 13.8. The third-order valence-electron chi connectivity index (χ3n) is 3.96. The second-order valence-corrected chi connectivity index (χ2v) is 7.99. The third kappa shape index (κ3) is 4.19. The molecule has 2 N–H and O–H groups in total. The first-order valence-corrected chi connectivity index (χ1v) is 9.01. The molecule has 0 saturated carbocycles. The van der Waals surface area contributed by atoms with E-state index in [9.17, 15) is 23.3 Å². The van der Waals surface area contributed by atoms with Crippen LogP contribution in [0.25, 0.3) is 0 Å². The molecule has 1 saturated heterocycles. The lowest BCUT2D eigenvalue weighted by atomic mass is 10.1. The molecular weight excluding hydrogens is 322 g/mol. The number of carbonyl (C=O) groups excluding carboxylic acids is 1. The largest absolute Gasteiger partial charge is 0.338 e. The maximum absolute atomic E-state index is 12.0. The van der Waals surface area contributed by atoms with Crippen molar-refractivity contribution in [2.24, 2.45) is 5.92 Å². The number of hydrogen-bond donors (Lipinski definition) is 2. The van der Waals surface area contributed by atoms with Crippen molar-refractivity contribution in [2.45, 2.75) is 20.3 Å². The topological polar surface area (TPSA) is 118 Å². The monoisotopic (exact) mass is 341 g/mol. The molecule has 1 fully saturated rings. The number of amides is 2. The first-order valence-electron chi connectivity index (χ1n) is 7.19. The maximum atomic E-state index is 12.0. The fourth-order valence-corrected chi connectivity index (χ4v) is 4.52. The highest BCUT2D eigenvalue weighted by Gasteiger charge is 2.28. The molecule has 2 amide bonds. The van der Waals surface area contributed by atoms with E-state index in [2.05, 4.69) is 10.6 Å². The molecule has 0 bridgehead atoms. The van der Waals surface area contributed by atoms with Gasteiger partial charge in [0, 0.05) is 12.6 Å². The van der Waals surface area contributed by atoms with Gasteiger partial charge in [-0.25, -0.2) is 13.2 Å². The Balaban J connectivity index is 2.01. The van der Waals surface area contributed by atoms with E-state index in [4.69, 9.17) is 0 Å². The molecular formula is C14H19N3O5S. The van der Waals surface area contributed by atoms with Crippen LogP contribution in [0.1, 0.15) is 17.5 Å². The van der Waals surface area contributed by atoms with Gasteiger partial charge in [0.05, 0.1) is 27.7 Å². The van der Waals surface area contributed by atoms with Crippen molar-refractivity contribution in [1.82, 2.24) is 5.32 Å². The predicted molar refractivity (Wildman–Crippen MR) is 86.4 cm³/mol. The van der Waals surface area contributed by atoms with Gasteiger partial charge in [-0.15, -0.1) is 0 Å². The Morgan fingerprint density at radius 1 is 1.39 bits per heavy atom. The van der Waals surface area contributed by atoms with Gasteiger partial charge in [-0.3, -0.25) is 10.1 Å². The molecule has 1 aromatic carbocycles. The van der Waals surface area contributed by atoms with Gasteiger partial charge in [0.25, 0.3) is 5.69 Å². The van der Waals surface area contributed by atoms with Crippen LogP contribution in [0.3, 0.4) is 0 Å². The third-order valence-corrected chi connectivity index (χ3v) is 5.79. The molecule has 1 aromatic rings. The number of anilines is 1. The highest BCUT2D eigenvalue weighted by molar-refractivity contribution is 7.91. The first kappa shape index (κ1) is 17.2. The van der Waals surface area contributed by atoms with Crippen LogP contribution in [0.2, 0.25) is 0 Å². The van der Waals surface area contributed by atoms with E-state index in [0.29, 0.717) is 23.2 Å². The number of carbonyl (C=O) groups is 1. The number of aryl methyl sites for hydroxylation is 1. The highest BCUT2D eigenvalue weighted by atomic mass is 32.2. The van der Waals surface area contributed by atoms with E-state index >= 15 is 0 Å². The predicted octanol–water partition coefficient (Wildman–Crippen LogP) is 1.77. The number of benzene rings is 1.